The number of hydrogen-bond acceptors (Lipinski definition) is 5. The molecule has 1 fully saturated rings. The van der Waals surface area contributed by atoms with Crippen LogP contribution in [0.1, 0.15) is 15.9 Å². The third-order valence-corrected chi connectivity index (χ3v) is 6.26. The van der Waals surface area contributed by atoms with Gasteiger partial charge in [-0.15, -0.1) is 0 Å². The largest absolute Gasteiger partial charge is 0.380 e. The van der Waals surface area contributed by atoms with Crippen molar-refractivity contribution >= 4 is 21.6 Å². The van der Waals surface area contributed by atoms with Gasteiger partial charge in [0.25, 0.3) is 5.91 Å². The van der Waals surface area contributed by atoms with Crippen LogP contribution in [0, 0.1) is 5.82 Å². The van der Waals surface area contributed by atoms with Gasteiger partial charge in [-0.2, -0.15) is 4.31 Å². The Labute approximate surface area is 163 Å². The summed E-state index contributed by atoms with van der Waals surface area (Å²) in [5, 5.41) is 2.72. The summed E-state index contributed by atoms with van der Waals surface area (Å²) in [4.78, 5) is 12.1. The minimum atomic E-state index is -4.06. The van der Waals surface area contributed by atoms with Crippen molar-refractivity contribution in [1.82, 2.24) is 4.31 Å². The number of carbonyl (C=O) groups is 1. The summed E-state index contributed by atoms with van der Waals surface area (Å²) in [5.74, 6) is -1.44. The van der Waals surface area contributed by atoms with Crippen molar-refractivity contribution < 1.29 is 27.1 Å². The van der Waals surface area contributed by atoms with Crippen LogP contribution in [0.15, 0.2) is 47.4 Å². The molecule has 1 saturated heterocycles. The van der Waals surface area contributed by atoms with Crippen molar-refractivity contribution in [1.29, 1.82) is 0 Å². The van der Waals surface area contributed by atoms with Crippen molar-refractivity contribution in [2.75, 3.05) is 38.7 Å². The number of hydrogen-bond donors (Lipinski definition) is 1. The second kappa shape index (κ2) is 8.78. The number of methoxy groups -OCH3 is 1. The number of nitrogens with zero attached hydrogens (tertiary/aromatic N) is 1. The van der Waals surface area contributed by atoms with Gasteiger partial charge in [-0.05, 0) is 24.3 Å². The van der Waals surface area contributed by atoms with Crippen molar-refractivity contribution in [2.24, 2.45) is 0 Å². The molecule has 1 N–H and O–H groups in total. The number of sulfonamides is 1. The number of morpholine rings is 1. The number of rotatable bonds is 6. The zero-order valence-electron chi connectivity index (χ0n) is 15.4. The molecule has 2 aromatic carbocycles. The van der Waals surface area contributed by atoms with E-state index in [1.807, 2.05) is 6.07 Å². The van der Waals surface area contributed by atoms with E-state index < -0.39 is 26.6 Å². The van der Waals surface area contributed by atoms with Crippen LogP contribution in [0.5, 0.6) is 0 Å². The molecule has 0 saturated carbocycles. The Balaban J connectivity index is 1.88. The maximum atomic E-state index is 14.3. The molecule has 9 heteroatoms. The third kappa shape index (κ3) is 4.39. The van der Waals surface area contributed by atoms with Crippen LogP contribution in [0.3, 0.4) is 0 Å². The molecule has 0 bridgehead atoms. The molecule has 1 heterocycles. The van der Waals surface area contributed by atoms with E-state index in [2.05, 4.69) is 5.32 Å². The normalized spacial score (nSPS) is 15.4. The summed E-state index contributed by atoms with van der Waals surface area (Å²) in [6.07, 6.45) is 0. The first kappa shape index (κ1) is 20.4. The predicted molar refractivity (Wildman–Crippen MR) is 101 cm³/mol. The molecule has 0 atom stereocenters. The second-order valence-corrected chi connectivity index (χ2v) is 8.11. The lowest BCUT2D eigenvalue weighted by molar-refractivity contribution is 0.0729. The Morgan fingerprint density at radius 2 is 1.93 bits per heavy atom. The van der Waals surface area contributed by atoms with Crippen LogP contribution in [-0.2, 0) is 26.1 Å². The van der Waals surface area contributed by atoms with E-state index in [0.29, 0.717) is 12.3 Å². The van der Waals surface area contributed by atoms with E-state index in [9.17, 15) is 17.6 Å². The van der Waals surface area contributed by atoms with Gasteiger partial charge in [0.05, 0.1) is 19.8 Å². The van der Waals surface area contributed by atoms with E-state index in [4.69, 9.17) is 9.47 Å². The van der Waals surface area contributed by atoms with Gasteiger partial charge >= 0.3 is 0 Å². The number of anilines is 1. The van der Waals surface area contributed by atoms with Crippen LogP contribution in [0.25, 0.3) is 0 Å². The van der Waals surface area contributed by atoms with Crippen LogP contribution < -0.4 is 5.32 Å². The van der Waals surface area contributed by atoms with Gasteiger partial charge in [0, 0.05) is 37.0 Å². The zero-order chi connectivity index (χ0) is 20.1. The molecule has 7 nitrogen and oxygen atoms in total. The molecule has 0 radical (unpaired) electrons. The number of carbonyl (C=O) groups excluding carboxylic acids is 1. The number of amides is 1. The fourth-order valence-electron chi connectivity index (χ4n) is 2.89. The Bertz CT molecular complexity index is 959. The lowest BCUT2D eigenvalue weighted by atomic mass is 10.1. The maximum absolute atomic E-state index is 14.3. The summed E-state index contributed by atoms with van der Waals surface area (Å²) in [6, 6.07) is 10.4. The summed E-state index contributed by atoms with van der Waals surface area (Å²) < 4.78 is 51.2. The SMILES string of the molecule is COCc1ccccc1NC(=O)c1ccc(F)c(S(=O)(=O)N2CCOCC2)c1. The van der Waals surface area contributed by atoms with E-state index in [1.165, 1.54) is 6.07 Å². The average molecular weight is 408 g/mol. The molecular formula is C19H21FN2O5S. The quantitative estimate of drug-likeness (QED) is 0.793. The number of para-hydroxylation sites is 1. The highest BCUT2D eigenvalue weighted by molar-refractivity contribution is 7.89. The molecule has 0 aromatic heterocycles. The summed E-state index contributed by atoms with van der Waals surface area (Å²) >= 11 is 0. The van der Waals surface area contributed by atoms with Gasteiger partial charge in [-0.1, -0.05) is 18.2 Å². The molecule has 1 aliphatic heterocycles. The first-order valence-corrected chi connectivity index (χ1v) is 10.1. The fraction of sp³-hybridized carbons (Fsp3) is 0.316. The maximum Gasteiger partial charge on any atom is 0.255 e. The summed E-state index contributed by atoms with van der Waals surface area (Å²) in [5.41, 5.74) is 1.35. The van der Waals surface area contributed by atoms with Crippen LogP contribution >= 0.6 is 0 Å². The predicted octanol–water partition coefficient (Wildman–Crippen LogP) is 2.25. The van der Waals surface area contributed by atoms with Gasteiger partial charge in [0.15, 0.2) is 0 Å². The fourth-order valence-corrected chi connectivity index (χ4v) is 4.38. The first-order chi connectivity index (χ1) is 13.4. The molecular weight excluding hydrogens is 387 g/mol. The van der Waals surface area contributed by atoms with Crippen molar-refractivity contribution in [3.63, 3.8) is 0 Å². The molecule has 150 valence electrons. The average Bonchev–Trinajstić information content (AvgIpc) is 2.70. The van der Waals surface area contributed by atoms with E-state index in [1.54, 1.807) is 25.3 Å². The molecule has 2 aromatic rings. The van der Waals surface area contributed by atoms with Crippen molar-refractivity contribution in [3.8, 4) is 0 Å². The standard InChI is InChI=1S/C19H21FN2O5S/c1-26-13-15-4-2-3-5-17(15)21-19(23)14-6-7-16(20)18(12-14)28(24,25)22-8-10-27-11-9-22/h2-7,12H,8-11,13H2,1H3,(H,21,23). The number of benzene rings is 2. The number of nitrogens with one attached hydrogen (secondary N) is 1. The van der Waals surface area contributed by atoms with Crippen molar-refractivity contribution in [3.05, 3.63) is 59.4 Å². The minimum absolute atomic E-state index is 0.0421. The van der Waals surface area contributed by atoms with Gasteiger partial charge in [-0.25, -0.2) is 12.8 Å². The topological polar surface area (TPSA) is 84.9 Å². The van der Waals surface area contributed by atoms with E-state index >= 15 is 0 Å². The monoisotopic (exact) mass is 408 g/mol. The Kier molecular flexibility index (Phi) is 6.40. The van der Waals surface area contributed by atoms with Crippen LogP contribution in [0.4, 0.5) is 10.1 Å². The Morgan fingerprint density at radius 3 is 2.64 bits per heavy atom. The lowest BCUT2D eigenvalue weighted by Crippen LogP contribution is -2.41. The molecule has 3 rings (SSSR count). The minimum Gasteiger partial charge on any atom is -0.380 e. The van der Waals surface area contributed by atoms with Crippen LogP contribution in [-0.4, -0.2) is 52.0 Å². The Hall–Kier alpha value is -2.33. The van der Waals surface area contributed by atoms with Gasteiger partial charge in [-0.3, -0.25) is 4.79 Å². The van der Waals surface area contributed by atoms with Crippen molar-refractivity contribution in [2.45, 2.75) is 11.5 Å². The molecule has 0 aliphatic carbocycles. The summed E-state index contributed by atoms with van der Waals surface area (Å²) in [6.45, 7) is 1.08. The second-order valence-electron chi connectivity index (χ2n) is 6.21. The highest BCUT2D eigenvalue weighted by Crippen LogP contribution is 2.23. The highest BCUT2D eigenvalue weighted by Gasteiger charge is 2.29. The first-order valence-electron chi connectivity index (χ1n) is 8.69. The van der Waals surface area contributed by atoms with Gasteiger partial charge in [0.2, 0.25) is 10.0 Å². The lowest BCUT2D eigenvalue weighted by Gasteiger charge is -2.26. The molecule has 28 heavy (non-hydrogen) atoms. The van der Waals surface area contributed by atoms with Gasteiger partial charge in [0.1, 0.15) is 10.7 Å². The zero-order valence-corrected chi connectivity index (χ0v) is 16.2. The summed E-state index contributed by atoms with van der Waals surface area (Å²) in [7, 11) is -2.52. The van der Waals surface area contributed by atoms with Crippen LogP contribution in [0.2, 0.25) is 0 Å². The Morgan fingerprint density at radius 1 is 1.21 bits per heavy atom. The third-order valence-electron chi connectivity index (χ3n) is 4.35. The molecule has 1 amide bonds. The molecule has 0 spiro atoms. The van der Waals surface area contributed by atoms with Gasteiger partial charge < -0.3 is 14.8 Å². The smallest absolute Gasteiger partial charge is 0.255 e. The van der Waals surface area contributed by atoms with E-state index in [-0.39, 0.29) is 31.9 Å². The number of halogens is 1. The molecule has 0 unspecified atom stereocenters. The highest BCUT2D eigenvalue weighted by atomic mass is 32.2. The van der Waals surface area contributed by atoms with E-state index in [0.717, 1.165) is 22.0 Å². The number of ether oxygens (including phenoxy) is 2. The molecule has 1 aliphatic rings.